The lowest BCUT2D eigenvalue weighted by atomic mass is 10.0. The normalized spacial score (nSPS) is 11.8. The van der Waals surface area contributed by atoms with Crippen LogP contribution in [-0.2, 0) is 0 Å². The summed E-state index contributed by atoms with van der Waals surface area (Å²) in [5.74, 6) is -0.0410. The minimum atomic E-state index is -4.74. The zero-order valence-corrected chi connectivity index (χ0v) is 18.9. The van der Waals surface area contributed by atoms with Gasteiger partial charge >= 0.3 is 12.4 Å². The molecule has 0 radical (unpaired) electrons. The molecule has 2 heterocycles. The standard InChI is InChI=1S/C25H22F3N5O2/c1-16(2)20-5-3-4-6-21(20)31-24(34)32-29-13-17-7-12-23-30-22(15-33(23)14-17)18-8-10-19(11-9-18)35-25(26,27)28/h3-16H,1-2H3,(H2,31,32,34)/b29-13+. The first-order valence-electron chi connectivity index (χ1n) is 10.7. The Bertz CT molecular complexity index is 1360. The minimum Gasteiger partial charge on any atom is -0.406 e. The van der Waals surface area contributed by atoms with Crippen molar-refractivity contribution in [3.63, 3.8) is 0 Å². The Morgan fingerprint density at radius 2 is 1.80 bits per heavy atom. The number of hydrazone groups is 1. The Hall–Kier alpha value is -4.34. The van der Waals surface area contributed by atoms with E-state index in [-0.39, 0.29) is 11.7 Å². The number of aromatic nitrogens is 2. The highest BCUT2D eigenvalue weighted by Crippen LogP contribution is 2.26. The van der Waals surface area contributed by atoms with Crippen LogP contribution < -0.4 is 15.5 Å². The Balaban J connectivity index is 1.42. The number of hydrogen-bond acceptors (Lipinski definition) is 4. The van der Waals surface area contributed by atoms with Crippen molar-refractivity contribution in [1.29, 1.82) is 0 Å². The van der Waals surface area contributed by atoms with Gasteiger partial charge < -0.3 is 14.5 Å². The predicted octanol–water partition coefficient (Wildman–Crippen LogP) is 6.18. The number of hydrogen-bond donors (Lipinski definition) is 2. The summed E-state index contributed by atoms with van der Waals surface area (Å²) in [5.41, 5.74) is 6.76. The number of rotatable bonds is 6. The third-order valence-corrected chi connectivity index (χ3v) is 5.07. The van der Waals surface area contributed by atoms with Gasteiger partial charge in [-0.05, 0) is 53.9 Å². The lowest BCUT2D eigenvalue weighted by molar-refractivity contribution is -0.274. The zero-order chi connectivity index (χ0) is 25.0. The van der Waals surface area contributed by atoms with Crippen molar-refractivity contribution in [2.24, 2.45) is 5.10 Å². The average Bonchev–Trinajstić information content (AvgIpc) is 3.22. The number of nitrogens with zero attached hydrogens (tertiary/aromatic N) is 3. The molecule has 0 aliphatic rings. The number of pyridine rings is 1. The number of halogens is 3. The highest BCUT2D eigenvalue weighted by Gasteiger charge is 2.31. The lowest BCUT2D eigenvalue weighted by Gasteiger charge is -2.12. The molecule has 180 valence electrons. The van der Waals surface area contributed by atoms with Gasteiger partial charge in [-0.3, -0.25) is 0 Å². The lowest BCUT2D eigenvalue weighted by Crippen LogP contribution is -2.24. The summed E-state index contributed by atoms with van der Waals surface area (Å²) in [4.78, 5) is 16.7. The van der Waals surface area contributed by atoms with Gasteiger partial charge in [0.05, 0.1) is 11.9 Å². The molecule has 35 heavy (non-hydrogen) atoms. The molecule has 0 fully saturated rings. The third kappa shape index (κ3) is 6.17. The Kier molecular flexibility index (Phi) is 6.72. The van der Waals surface area contributed by atoms with Crippen molar-refractivity contribution in [1.82, 2.24) is 14.8 Å². The molecule has 0 aliphatic heterocycles. The van der Waals surface area contributed by atoms with Crippen molar-refractivity contribution in [2.45, 2.75) is 26.1 Å². The van der Waals surface area contributed by atoms with E-state index in [0.717, 1.165) is 11.3 Å². The van der Waals surface area contributed by atoms with Crippen LogP contribution in [0.25, 0.3) is 16.9 Å². The zero-order valence-electron chi connectivity index (χ0n) is 18.9. The Morgan fingerprint density at radius 3 is 2.51 bits per heavy atom. The second-order valence-electron chi connectivity index (χ2n) is 7.99. The van der Waals surface area contributed by atoms with Crippen LogP contribution in [0.1, 0.15) is 30.9 Å². The van der Waals surface area contributed by atoms with Crippen molar-refractivity contribution in [3.8, 4) is 17.0 Å². The maximum Gasteiger partial charge on any atom is 0.573 e. The van der Waals surface area contributed by atoms with E-state index in [2.05, 4.69) is 25.6 Å². The maximum atomic E-state index is 12.3. The van der Waals surface area contributed by atoms with Crippen LogP contribution in [-0.4, -0.2) is 28.0 Å². The predicted molar refractivity (Wildman–Crippen MR) is 128 cm³/mol. The highest BCUT2D eigenvalue weighted by atomic mass is 19.4. The summed E-state index contributed by atoms with van der Waals surface area (Å²) in [6.07, 6.45) is 0.270. The number of anilines is 1. The summed E-state index contributed by atoms with van der Waals surface area (Å²) >= 11 is 0. The molecule has 2 aromatic carbocycles. The van der Waals surface area contributed by atoms with E-state index in [1.54, 1.807) is 28.9 Å². The largest absolute Gasteiger partial charge is 0.573 e. The first-order valence-corrected chi connectivity index (χ1v) is 10.7. The van der Waals surface area contributed by atoms with Crippen LogP contribution in [0.4, 0.5) is 23.7 Å². The molecular formula is C25H22F3N5O2. The fraction of sp³-hybridized carbons (Fsp3) is 0.160. The topological polar surface area (TPSA) is 80.0 Å². The van der Waals surface area contributed by atoms with Crippen LogP contribution >= 0.6 is 0 Å². The molecule has 7 nitrogen and oxygen atoms in total. The summed E-state index contributed by atoms with van der Waals surface area (Å²) in [6.45, 7) is 4.09. The summed E-state index contributed by atoms with van der Waals surface area (Å²) in [5, 5.41) is 6.79. The van der Waals surface area contributed by atoms with Crippen LogP contribution in [0.3, 0.4) is 0 Å². The molecular weight excluding hydrogens is 459 g/mol. The van der Waals surface area contributed by atoms with Gasteiger partial charge in [0, 0.05) is 29.2 Å². The fourth-order valence-electron chi connectivity index (χ4n) is 3.48. The summed E-state index contributed by atoms with van der Waals surface area (Å²) < 4.78 is 42.7. The van der Waals surface area contributed by atoms with Crippen LogP contribution in [0, 0.1) is 0 Å². The van der Waals surface area contributed by atoms with Crippen molar-refractivity contribution in [3.05, 3.63) is 84.2 Å². The van der Waals surface area contributed by atoms with E-state index in [1.165, 1.54) is 30.5 Å². The molecule has 4 rings (SSSR count). The van der Waals surface area contributed by atoms with Gasteiger partial charge in [-0.1, -0.05) is 32.0 Å². The Morgan fingerprint density at radius 1 is 1.06 bits per heavy atom. The van der Waals surface area contributed by atoms with Gasteiger partial charge in [-0.25, -0.2) is 15.2 Å². The van der Waals surface area contributed by atoms with Gasteiger partial charge in [0.2, 0.25) is 0 Å². The first-order chi connectivity index (χ1) is 16.7. The third-order valence-electron chi connectivity index (χ3n) is 5.07. The molecule has 4 aromatic rings. The number of fused-ring (bicyclic) bond motifs is 1. The fourth-order valence-corrected chi connectivity index (χ4v) is 3.48. The number of benzene rings is 2. The van der Waals surface area contributed by atoms with Gasteiger partial charge in [0.25, 0.3) is 0 Å². The molecule has 0 spiro atoms. The quantitative estimate of drug-likeness (QED) is 0.255. The SMILES string of the molecule is CC(C)c1ccccc1NC(=O)N/N=C/c1ccc2nc(-c3ccc(OC(F)(F)F)cc3)cn2c1. The number of carbonyl (C=O) groups is 1. The van der Waals surface area contributed by atoms with Gasteiger partial charge in [-0.2, -0.15) is 5.10 Å². The number of carbonyl (C=O) groups excluding carboxylic acids is 1. The molecule has 0 aliphatic carbocycles. The summed E-state index contributed by atoms with van der Waals surface area (Å²) in [7, 11) is 0. The second-order valence-corrected chi connectivity index (χ2v) is 7.99. The van der Waals surface area contributed by atoms with Crippen molar-refractivity contribution in [2.75, 3.05) is 5.32 Å². The van der Waals surface area contributed by atoms with E-state index < -0.39 is 12.4 Å². The second kappa shape index (κ2) is 9.88. The molecule has 2 N–H and O–H groups in total. The monoisotopic (exact) mass is 481 g/mol. The van der Waals surface area contributed by atoms with Gasteiger partial charge in [0.15, 0.2) is 0 Å². The van der Waals surface area contributed by atoms with Gasteiger partial charge in [-0.15, -0.1) is 13.2 Å². The molecule has 0 saturated carbocycles. The van der Waals surface area contributed by atoms with E-state index in [0.29, 0.717) is 22.5 Å². The van der Waals surface area contributed by atoms with E-state index in [1.807, 2.05) is 38.1 Å². The molecule has 0 atom stereocenters. The van der Waals surface area contributed by atoms with E-state index >= 15 is 0 Å². The first kappa shape index (κ1) is 23.8. The molecule has 0 bridgehead atoms. The number of alkyl halides is 3. The Labute approximate surface area is 199 Å². The molecule has 10 heteroatoms. The maximum absolute atomic E-state index is 12.3. The van der Waals surface area contributed by atoms with E-state index in [9.17, 15) is 18.0 Å². The van der Waals surface area contributed by atoms with Crippen LogP contribution in [0.15, 0.2) is 78.2 Å². The molecule has 2 aromatic heterocycles. The molecule has 0 unspecified atom stereocenters. The van der Waals surface area contributed by atoms with E-state index in [4.69, 9.17) is 0 Å². The van der Waals surface area contributed by atoms with Crippen LogP contribution in [0.5, 0.6) is 5.75 Å². The number of amides is 2. The molecule has 2 amide bonds. The van der Waals surface area contributed by atoms with Gasteiger partial charge in [0.1, 0.15) is 11.4 Å². The number of nitrogens with one attached hydrogen (secondary N) is 2. The van der Waals surface area contributed by atoms with Crippen molar-refractivity contribution < 1.29 is 22.7 Å². The summed E-state index contributed by atoms with van der Waals surface area (Å²) in [6, 6.07) is 16.1. The number of ether oxygens (including phenoxy) is 1. The number of urea groups is 1. The minimum absolute atomic E-state index is 0.257. The van der Waals surface area contributed by atoms with Crippen molar-refractivity contribution >= 4 is 23.6 Å². The average molecular weight is 481 g/mol. The number of para-hydroxylation sites is 1. The number of imidazole rings is 1. The highest BCUT2D eigenvalue weighted by molar-refractivity contribution is 5.91. The smallest absolute Gasteiger partial charge is 0.406 e. The molecule has 0 saturated heterocycles. The van der Waals surface area contributed by atoms with Crippen LogP contribution in [0.2, 0.25) is 0 Å².